The molecule has 1 aromatic rings. The highest BCUT2D eigenvalue weighted by atomic mass is 35.5. The molecule has 31 heavy (non-hydrogen) atoms. The summed E-state index contributed by atoms with van der Waals surface area (Å²) in [6, 6.07) is -0.573. The summed E-state index contributed by atoms with van der Waals surface area (Å²) in [5.74, 6) is 0.288. The fourth-order valence-corrected chi connectivity index (χ4v) is 5.29. The zero-order chi connectivity index (χ0) is 21.5. The van der Waals surface area contributed by atoms with Crippen LogP contribution in [0.1, 0.15) is 55.8 Å². The van der Waals surface area contributed by atoms with Crippen molar-refractivity contribution < 1.29 is 9.90 Å². The number of fused-ring (bicyclic) bond motifs is 1. The van der Waals surface area contributed by atoms with Crippen molar-refractivity contribution in [1.82, 2.24) is 25.2 Å². The molecular weight excluding hydrogens is 416 g/mol. The molecule has 0 bridgehead atoms. The Morgan fingerprint density at radius 3 is 2.71 bits per heavy atom. The number of hydrazone groups is 1. The molecular formula is C22H25ClN6O2. The molecule has 2 N–H and O–H groups in total. The molecule has 1 fully saturated rings. The van der Waals surface area contributed by atoms with E-state index in [1.54, 1.807) is 23.6 Å². The third-order valence-electron chi connectivity index (χ3n) is 6.63. The number of nitrogens with zero attached hydrogens (tertiary/aromatic N) is 5. The summed E-state index contributed by atoms with van der Waals surface area (Å²) in [5, 5.41) is 20.6. The molecule has 2 aliphatic heterocycles. The lowest BCUT2D eigenvalue weighted by Crippen LogP contribution is -2.43. The van der Waals surface area contributed by atoms with E-state index in [4.69, 9.17) is 11.6 Å². The number of carbonyl (C=O) groups is 1. The number of halogens is 1. The summed E-state index contributed by atoms with van der Waals surface area (Å²) >= 11 is 6.22. The largest absolute Gasteiger partial charge is 0.479 e. The van der Waals surface area contributed by atoms with Gasteiger partial charge in [0.1, 0.15) is 12.2 Å². The van der Waals surface area contributed by atoms with Gasteiger partial charge < -0.3 is 10.4 Å². The van der Waals surface area contributed by atoms with E-state index in [1.165, 1.54) is 0 Å². The van der Waals surface area contributed by atoms with Crippen LogP contribution in [-0.2, 0) is 4.79 Å². The Kier molecular flexibility index (Phi) is 5.17. The number of hydrogen-bond acceptors (Lipinski definition) is 7. The van der Waals surface area contributed by atoms with Gasteiger partial charge in [0.2, 0.25) is 0 Å². The number of carboxylic acid groups (broad SMARTS) is 1. The topological polar surface area (TPSA) is 94.0 Å². The first-order valence-corrected chi connectivity index (χ1v) is 11.1. The quantitative estimate of drug-likeness (QED) is 0.743. The Bertz CT molecular complexity index is 1020. The van der Waals surface area contributed by atoms with E-state index in [1.807, 2.05) is 24.2 Å². The maximum atomic E-state index is 12.2. The molecule has 8 nitrogen and oxygen atoms in total. The van der Waals surface area contributed by atoms with E-state index in [-0.39, 0.29) is 6.04 Å². The van der Waals surface area contributed by atoms with E-state index in [2.05, 4.69) is 20.4 Å². The molecule has 2 aliphatic carbocycles. The number of aryl methyl sites for hydroxylation is 1. The van der Waals surface area contributed by atoms with Gasteiger partial charge in [-0.25, -0.2) is 9.80 Å². The van der Waals surface area contributed by atoms with Gasteiger partial charge in [-0.2, -0.15) is 5.10 Å². The van der Waals surface area contributed by atoms with Crippen molar-refractivity contribution >= 4 is 23.9 Å². The van der Waals surface area contributed by atoms with E-state index in [0.29, 0.717) is 18.8 Å². The predicted molar refractivity (Wildman–Crippen MR) is 117 cm³/mol. The minimum Gasteiger partial charge on any atom is -0.479 e. The van der Waals surface area contributed by atoms with Crippen molar-refractivity contribution in [1.29, 1.82) is 0 Å². The zero-order valence-electron chi connectivity index (χ0n) is 17.3. The van der Waals surface area contributed by atoms with Crippen molar-refractivity contribution in [2.24, 2.45) is 5.10 Å². The van der Waals surface area contributed by atoms with Gasteiger partial charge in [-0.05, 0) is 57.1 Å². The average Bonchev–Trinajstić information content (AvgIpc) is 3.10. The van der Waals surface area contributed by atoms with Crippen molar-refractivity contribution in [2.75, 3.05) is 0 Å². The van der Waals surface area contributed by atoms with Crippen molar-refractivity contribution in [2.45, 2.75) is 63.5 Å². The van der Waals surface area contributed by atoms with Gasteiger partial charge in [0.05, 0.1) is 17.4 Å². The third kappa shape index (κ3) is 3.59. The molecule has 1 saturated carbocycles. The second kappa shape index (κ2) is 8.00. The van der Waals surface area contributed by atoms with Gasteiger partial charge in [0.15, 0.2) is 6.04 Å². The van der Waals surface area contributed by atoms with Gasteiger partial charge >= 0.3 is 5.97 Å². The zero-order valence-corrected chi connectivity index (χ0v) is 18.1. The molecule has 1 unspecified atom stereocenters. The Morgan fingerprint density at radius 1 is 1.19 bits per heavy atom. The van der Waals surface area contributed by atoms with Crippen LogP contribution >= 0.6 is 11.6 Å². The maximum absolute atomic E-state index is 12.2. The van der Waals surface area contributed by atoms with Crippen LogP contribution in [0.25, 0.3) is 0 Å². The van der Waals surface area contributed by atoms with Crippen LogP contribution in [0.5, 0.6) is 0 Å². The maximum Gasteiger partial charge on any atom is 0.331 e. The molecule has 0 spiro atoms. The highest BCUT2D eigenvalue weighted by Crippen LogP contribution is 2.39. The molecule has 4 aliphatic rings. The first-order valence-electron chi connectivity index (χ1n) is 10.7. The average molecular weight is 441 g/mol. The van der Waals surface area contributed by atoms with Gasteiger partial charge in [0, 0.05) is 35.2 Å². The van der Waals surface area contributed by atoms with E-state index >= 15 is 0 Å². The van der Waals surface area contributed by atoms with Crippen LogP contribution in [0.4, 0.5) is 0 Å². The van der Waals surface area contributed by atoms with Crippen LogP contribution in [0.2, 0.25) is 0 Å². The molecule has 3 heterocycles. The Labute approximate surface area is 186 Å². The van der Waals surface area contributed by atoms with Crippen LogP contribution < -0.4 is 5.32 Å². The highest BCUT2D eigenvalue weighted by molar-refractivity contribution is 6.29. The van der Waals surface area contributed by atoms with Crippen LogP contribution in [-0.4, -0.2) is 49.4 Å². The lowest BCUT2D eigenvalue weighted by atomic mass is 9.83. The fourth-order valence-electron chi connectivity index (χ4n) is 5.09. The summed E-state index contributed by atoms with van der Waals surface area (Å²) < 4.78 is 0. The van der Waals surface area contributed by atoms with Crippen molar-refractivity contribution in [3.63, 3.8) is 0 Å². The lowest BCUT2D eigenvalue weighted by molar-refractivity contribution is -0.140. The first-order chi connectivity index (χ1) is 15.0. The number of aromatic nitrogens is 2. The number of hydrogen-bond donors (Lipinski definition) is 2. The van der Waals surface area contributed by atoms with Crippen molar-refractivity contribution in [3.8, 4) is 0 Å². The smallest absolute Gasteiger partial charge is 0.331 e. The number of nitrogens with one attached hydrogen (secondary N) is 1. The van der Waals surface area contributed by atoms with Gasteiger partial charge in [-0.3, -0.25) is 14.9 Å². The number of allylic oxidation sites excluding steroid dienone is 2. The second-order valence-corrected chi connectivity index (χ2v) is 8.92. The molecule has 9 heteroatoms. The minimum atomic E-state index is -0.886. The predicted octanol–water partition coefficient (Wildman–Crippen LogP) is 3.40. The van der Waals surface area contributed by atoms with Crippen LogP contribution in [0.15, 0.2) is 51.9 Å². The fraction of sp³-hybridized carbons (Fsp3) is 0.455. The summed E-state index contributed by atoms with van der Waals surface area (Å²) in [5.41, 5.74) is 3.70. The summed E-state index contributed by atoms with van der Waals surface area (Å²) in [4.78, 5) is 22.9. The summed E-state index contributed by atoms with van der Waals surface area (Å²) in [6.45, 7) is 2.01. The van der Waals surface area contributed by atoms with Crippen LogP contribution in [0, 0.1) is 6.92 Å². The Balaban J connectivity index is 1.35. The minimum absolute atomic E-state index is 0.214. The van der Waals surface area contributed by atoms with Gasteiger partial charge in [-0.15, -0.1) is 0 Å². The standard InChI is InChI=1S/C22H25ClN6O2/c1-13-20(25-9-8-24-13)14-2-5-16(6-3-14)29-19-11-26-18-10-15(23)4-7-17(18)21(22(30)31)28(19)12-27-29/h8-12,14,16,21,26H,2-7H2,1H3,(H,30,31)/t14-,16-,21?. The molecule has 5 rings (SSSR count). The van der Waals surface area contributed by atoms with Crippen molar-refractivity contribution in [3.05, 3.63) is 58.2 Å². The highest BCUT2D eigenvalue weighted by Gasteiger charge is 2.41. The first kappa shape index (κ1) is 20.1. The summed E-state index contributed by atoms with van der Waals surface area (Å²) in [7, 11) is 0. The second-order valence-electron chi connectivity index (χ2n) is 8.43. The van der Waals surface area contributed by atoms with E-state index in [0.717, 1.165) is 59.2 Å². The monoisotopic (exact) mass is 440 g/mol. The van der Waals surface area contributed by atoms with Crippen LogP contribution in [0.3, 0.4) is 0 Å². The molecule has 0 radical (unpaired) electrons. The SMILES string of the molecule is Cc1nccnc1[C@H]1CC[C@H](N2N=CN3C2=CNC2=C(CCC(Cl)=C2)C3C(=O)O)CC1. The molecule has 0 amide bonds. The molecule has 1 atom stereocenters. The summed E-state index contributed by atoms with van der Waals surface area (Å²) in [6.07, 6.45) is 14.0. The van der Waals surface area contributed by atoms with Gasteiger partial charge in [-0.1, -0.05) is 11.6 Å². The number of rotatable bonds is 3. The molecule has 162 valence electrons. The van der Waals surface area contributed by atoms with E-state index in [9.17, 15) is 9.90 Å². The number of carboxylic acids is 1. The Hall–Kier alpha value is -2.87. The number of aliphatic carboxylic acids is 1. The normalized spacial score (nSPS) is 27.7. The third-order valence-corrected chi connectivity index (χ3v) is 6.93. The lowest BCUT2D eigenvalue weighted by Gasteiger charge is -2.35. The Morgan fingerprint density at radius 2 is 1.97 bits per heavy atom. The molecule has 0 saturated heterocycles. The molecule has 0 aromatic carbocycles. The van der Waals surface area contributed by atoms with E-state index < -0.39 is 12.0 Å². The molecule has 1 aromatic heterocycles. The van der Waals surface area contributed by atoms with Gasteiger partial charge in [0.25, 0.3) is 0 Å².